The van der Waals surface area contributed by atoms with Crippen LogP contribution in [0.3, 0.4) is 0 Å². The SMILES string of the molecule is CC1CC(C)CC(OC2CC(N)C23CCCCC3)C1. The monoisotopic (exact) mass is 265 g/mol. The predicted octanol–water partition coefficient (Wildman–Crippen LogP) is 3.88. The first kappa shape index (κ1) is 13.9. The third-order valence-electron chi connectivity index (χ3n) is 6.12. The molecule has 110 valence electrons. The highest BCUT2D eigenvalue weighted by Gasteiger charge is 2.54. The van der Waals surface area contributed by atoms with E-state index in [9.17, 15) is 0 Å². The number of hydrogen-bond donors (Lipinski definition) is 1. The highest BCUT2D eigenvalue weighted by molar-refractivity contribution is 5.07. The second kappa shape index (κ2) is 5.37. The molecule has 2 nitrogen and oxygen atoms in total. The molecular weight excluding hydrogens is 234 g/mol. The molecule has 3 aliphatic rings. The van der Waals surface area contributed by atoms with Gasteiger partial charge in [0.25, 0.3) is 0 Å². The number of hydrogen-bond acceptors (Lipinski definition) is 2. The molecule has 0 amide bonds. The van der Waals surface area contributed by atoms with Crippen molar-refractivity contribution in [3.63, 3.8) is 0 Å². The Morgan fingerprint density at radius 2 is 1.53 bits per heavy atom. The van der Waals surface area contributed by atoms with Gasteiger partial charge in [0, 0.05) is 11.5 Å². The molecular formula is C17H31NO. The maximum absolute atomic E-state index is 6.55. The third-order valence-corrected chi connectivity index (χ3v) is 6.12. The van der Waals surface area contributed by atoms with E-state index >= 15 is 0 Å². The second-order valence-electron chi connectivity index (χ2n) is 7.80. The molecule has 3 rings (SSSR count). The highest BCUT2D eigenvalue weighted by atomic mass is 16.5. The summed E-state index contributed by atoms with van der Waals surface area (Å²) in [6.07, 6.45) is 12.8. The van der Waals surface area contributed by atoms with Gasteiger partial charge >= 0.3 is 0 Å². The van der Waals surface area contributed by atoms with Crippen molar-refractivity contribution in [3.8, 4) is 0 Å². The van der Waals surface area contributed by atoms with Gasteiger partial charge in [-0.2, -0.15) is 0 Å². The molecule has 3 saturated carbocycles. The minimum atomic E-state index is 0.363. The summed E-state index contributed by atoms with van der Waals surface area (Å²) in [5.74, 6) is 1.68. The van der Waals surface area contributed by atoms with Gasteiger partial charge in [-0.3, -0.25) is 0 Å². The molecule has 0 aromatic rings. The lowest BCUT2D eigenvalue weighted by molar-refractivity contribution is -0.179. The Balaban J connectivity index is 1.60. The second-order valence-corrected chi connectivity index (χ2v) is 7.80. The Labute approximate surface area is 118 Å². The van der Waals surface area contributed by atoms with Crippen LogP contribution in [0, 0.1) is 17.3 Å². The van der Waals surface area contributed by atoms with Crippen LogP contribution >= 0.6 is 0 Å². The van der Waals surface area contributed by atoms with Gasteiger partial charge < -0.3 is 10.5 Å². The molecule has 0 heterocycles. The number of rotatable bonds is 2. The molecule has 0 aromatic carbocycles. The van der Waals surface area contributed by atoms with E-state index in [0.29, 0.717) is 23.7 Å². The molecule has 2 N–H and O–H groups in total. The van der Waals surface area contributed by atoms with Gasteiger partial charge in [0.2, 0.25) is 0 Å². The van der Waals surface area contributed by atoms with Crippen molar-refractivity contribution in [2.24, 2.45) is 23.0 Å². The molecule has 1 spiro atoms. The van der Waals surface area contributed by atoms with Crippen molar-refractivity contribution < 1.29 is 4.74 Å². The molecule has 0 bridgehead atoms. The molecule has 0 saturated heterocycles. The van der Waals surface area contributed by atoms with Crippen LogP contribution in [0.4, 0.5) is 0 Å². The zero-order valence-electron chi connectivity index (χ0n) is 12.7. The molecule has 0 aromatic heterocycles. The molecule has 4 atom stereocenters. The Hall–Kier alpha value is -0.0800. The van der Waals surface area contributed by atoms with Crippen molar-refractivity contribution in [1.82, 2.24) is 0 Å². The zero-order valence-corrected chi connectivity index (χ0v) is 12.7. The maximum Gasteiger partial charge on any atom is 0.0664 e. The third kappa shape index (κ3) is 2.58. The Kier molecular flexibility index (Phi) is 3.92. The summed E-state index contributed by atoms with van der Waals surface area (Å²) < 4.78 is 6.55. The van der Waals surface area contributed by atoms with Gasteiger partial charge in [0.15, 0.2) is 0 Å². The molecule has 3 aliphatic carbocycles. The smallest absolute Gasteiger partial charge is 0.0664 e. The summed E-state index contributed by atoms with van der Waals surface area (Å²) in [5, 5.41) is 0. The summed E-state index contributed by atoms with van der Waals surface area (Å²) in [7, 11) is 0. The van der Waals surface area contributed by atoms with Crippen LogP contribution in [0.5, 0.6) is 0 Å². The average molecular weight is 265 g/mol. The van der Waals surface area contributed by atoms with Gasteiger partial charge in [-0.15, -0.1) is 0 Å². The van der Waals surface area contributed by atoms with Crippen LogP contribution in [-0.2, 0) is 4.74 Å². The molecule has 0 radical (unpaired) electrons. The van der Waals surface area contributed by atoms with E-state index < -0.39 is 0 Å². The van der Waals surface area contributed by atoms with E-state index in [1.54, 1.807) is 0 Å². The molecule has 3 fully saturated rings. The van der Waals surface area contributed by atoms with E-state index in [1.807, 2.05) is 0 Å². The molecule has 4 unspecified atom stereocenters. The summed E-state index contributed by atoms with van der Waals surface area (Å²) in [4.78, 5) is 0. The van der Waals surface area contributed by atoms with E-state index in [0.717, 1.165) is 18.3 Å². The topological polar surface area (TPSA) is 35.2 Å². The normalized spacial score (nSPS) is 45.9. The highest BCUT2D eigenvalue weighted by Crippen LogP contribution is 2.53. The van der Waals surface area contributed by atoms with Crippen molar-refractivity contribution >= 4 is 0 Å². The fourth-order valence-corrected chi connectivity index (χ4v) is 5.09. The molecule has 19 heavy (non-hydrogen) atoms. The van der Waals surface area contributed by atoms with Crippen molar-refractivity contribution in [2.75, 3.05) is 0 Å². The Morgan fingerprint density at radius 3 is 2.11 bits per heavy atom. The van der Waals surface area contributed by atoms with Crippen LogP contribution in [0.1, 0.15) is 71.6 Å². The zero-order chi connectivity index (χ0) is 13.5. The van der Waals surface area contributed by atoms with E-state index in [1.165, 1.54) is 51.4 Å². The van der Waals surface area contributed by atoms with Gasteiger partial charge in [0.05, 0.1) is 12.2 Å². The lowest BCUT2D eigenvalue weighted by Crippen LogP contribution is -2.63. The average Bonchev–Trinajstić information content (AvgIpc) is 2.38. The number of ether oxygens (including phenoxy) is 1. The fraction of sp³-hybridized carbons (Fsp3) is 1.00. The lowest BCUT2D eigenvalue weighted by Gasteiger charge is -2.57. The van der Waals surface area contributed by atoms with Crippen molar-refractivity contribution in [1.29, 1.82) is 0 Å². The number of nitrogens with two attached hydrogens (primary N) is 1. The first-order valence-electron chi connectivity index (χ1n) is 8.51. The largest absolute Gasteiger partial charge is 0.374 e. The van der Waals surface area contributed by atoms with Crippen LogP contribution < -0.4 is 5.73 Å². The minimum Gasteiger partial charge on any atom is -0.374 e. The Morgan fingerprint density at radius 1 is 0.895 bits per heavy atom. The van der Waals surface area contributed by atoms with Crippen LogP contribution in [0.25, 0.3) is 0 Å². The summed E-state index contributed by atoms with van der Waals surface area (Å²) >= 11 is 0. The van der Waals surface area contributed by atoms with Crippen molar-refractivity contribution in [2.45, 2.75) is 89.9 Å². The minimum absolute atomic E-state index is 0.363. The van der Waals surface area contributed by atoms with Crippen LogP contribution in [0.15, 0.2) is 0 Å². The summed E-state index contributed by atoms with van der Waals surface area (Å²) in [6.45, 7) is 4.77. The molecule has 2 heteroatoms. The van der Waals surface area contributed by atoms with E-state index in [4.69, 9.17) is 10.5 Å². The fourth-order valence-electron chi connectivity index (χ4n) is 5.09. The first-order chi connectivity index (χ1) is 9.10. The van der Waals surface area contributed by atoms with Crippen LogP contribution in [0.2, 0.25) is 0 Å². The van der Waals surface area contributed by atoms with Crippen LogP contribution in [-0.4, -0.2) is 18.2 Å². The van der Waals surface area contributed by atoms with E-state index in [2.05, 4.69) is 13.8 Å². The standard InChI is InChI=1S/C17H31NO/c1-12-8-13(2)10-14(9-12)19-16-11-15(18)17(16)6-4-3-5-7-17/h12-16H,3-11,18H2,1-2H3. The van der Waals surface area contributed by atoms with Gasteiger partial charge in [-0.25, -0.2) is 0 Å². The summed E-state index contributed by atoms with van der Waals surface area (Å²) in [6, 6.07) is 0.413. The van der Waals surface area contributed by atoms with Crippen molar-refractivity contribution in [3.05, 3.63) is 0 Å². The molecule has 0 aliphatic heterocycles. The van der Waals surface area contributed by atoms with E-state index in [-0.39, 0.29) is 0 Å². The Bertz CT molecular complexity index is 300. The quantitative estimate of drug-likeness (QED) is 0.822. The maximum atomic E-state index is 6.55. The van der Waals surface area contributed by atoms with Gasteiger partial charge in [-0.05, 0) is 50.4 Å². The summed E-state index contributed by atoms with van der Waals surface area (Å²) in [5.41, 5.74) is 6.72. The first-order valence-corrected chi connectivity index (χ1v) is 8.51. The van der Waals surface area contributed by atoms with Gasteiger partial charge in [0.1, 0.15) is 0 Å². The lowest BCUT2D eigenvalue weighted by atomic mass is 9.55. The predicted molar refractivity (Wildman–Crippen MR) is 79.0 cm³/mol. The van der Waals surface area contributed by atoms with Gasteiger partial charge in [-0.1, -0.05) is 33.1 Å².